The number of nitrogens with one attached hydrogen (secondary N) is 1. The van der Waals surface area contributed by atoms with Gasteiger partial charge in [0, 0.05) is 29.7 Å². The fraction of sp³-hybridized carbons (Fsp3) is 0.636. The Bertz CT molecular complexity index is 652. The van der Waals surface area contributed by atoms with Gasteiger partial charge in [0.2, 0.25) is 0 Å². The fourth-order valence-electron chi connectivity index (χ4n) is 3.69. The van der Waals surface area contributed by atoms with Crippen molar-refractivity contribution in [3.63, 3.8) is 0 Å². The average Bonchev–Trinajstić information content (AvgIpc) is 2.70. The lowest BCUT2D eigenvalue weighted by Crippen LogP contribution is -2.49. The molecule has 2 atom stereocenters. The molecule has 0 aromatic heterocycles. The van der Waals surface area contributed by atoms with E-state index in [4.69, 9.17) is 10.5 Å². The third-order valence-corrected chi connectivity index (χ3v) is 5.97. The van der Waals surface area contributed by atoms with Crippen molar-refractivity contribution in [1.82, 2.24) is 10.2 Å². The maximum atomic E-state index is 12.5. The third kappa shape index (κ3) is 6.89. The molecule has 29 heavy (non-hydrogen) atoms. The van der Waals surface area contributed by atoms with Crippen LogP contribution in [0, 0.1) is 0 Å². The van der Waals surface area contributed by atoms with Crippen molar-refractivity contribution in [1.29, 1.82) is 0 Å². The quantitative estimate of drug-likeness (QED) is 0.667. The number of benzene rings is 1. The predicted molar refractivity (Wildman–Crippen MR) is 119 cm³/mol. The van der Waals surface area contributed by atoms with Crippen molar-refractivity contribution in [2.45, 2.75) is 77.4 Å². The highest BCUT2D eigenvalue weighted by atomic mass is 35.5. The molecule has 0 spiro atoms. The van der Waals surface area contributed by atoms with Crippen LogP contribution in [-0.2, 0) is 4.79 Å². The van der Waals surface area contributed by atoms with Crippen LogP contribution in [0.4, 0.5) is 0 Å². The van der Waals surface area contributed by atoms with Crippen LogP contribution in [0.25, 0.3) is 0 Å². The van der Waals surface area contributed by atoms with Gasteiger partial charge in [-0.2, -0.15) is 0 Å². The molecule has 1 saturated heterocycles. The molecule has 0 aliphatic carbocycles. The zero-order valence-electron chi connectivity index (χ0n) is 18.1. The number of nitrogens with two attached hydrogens (primary N) is 1. The van der Waals surface area contributed by atoms with Gasteiger partial charge in [0.1, 0.15) is 5.75 Å². The second-order valence-electron chi connectivity index (χ2n) is 8.00. The standard InChI is InChI=1S/C22H35N3O3.ClH/c1-5-22(23,6-2)15-24-21(27)18-10-12-19(13-11-18)28-14-20(26)25-16(3)8-7-9-17(25)4;/h10-13,16-17H,5-9,14-15,23H2,1-4H3,(H,24,27);1H. The Morgan fingerprint density at radius 1 is 1.14 bits per heavy atom. The molecule has 7 heteroatoms. The molecule has 1 aliphatic heterocycles. The van der Waals surface area contributed by atoms with E-state index in [9.17, 15) is 9.59 Å². The van der Waals surface area contributed by atoms with Crippen LogP contribution in [0.5, 0.6) is 5.75 Å². The summed E-state index contributed by atoms with van der Waals surface area (Å²) in [5.74, 6) is 0.438. The summed E-state index contributed by atoms with van der Waals surface area (Å²) in [6, 6.07) is 7.37. The van der Waals surface area contributed by atoms with Gasteiger partial charge >= 0.3 is 0 Å². The van der Waals surface area contributed by atoms with Crippen molar-refractivity contribution in [2.75, 3.05) is 13.2 Å². The van der Waals surface area contributed by atoms with E-state index in [1.54, 1.807) is 24.3 Å². The van der Waals surface area contributed by atoms with Crippen molar-refractivity contribution in [2.24, 2.45) is 5.73 Å². The number of hydrogen-bond donors (Lipinski definition) is 2. The molecule has 3 N–H and O–H groups in total. The largest absolute Gasteiger partial charge is 0.484 e. The Hall–Kier alpha value is -1.79. The summed E-state index contributed by atoms with van der Waals surface area (Å²) in [6.07, 6.45) is 4.86. The lowest BCUT2D eigenvalue weighted by atomic mass is 9.94. The van der Waals surface area contributed by atoms with E-state index in [0.29, 0.717) is 17.9 Å². The Balaban J connectivity index is 0.00000420. The van der Waals surface area contributed by atoms with Crippen molar-refractivity contribution in [3.8, 4) is 5.75 Å². The normalized spacial score (nSPS) is 19.3. The second kappa shape index (κ2) is 11.4. The Morgan fingerprint density at radius 3 is 2.21 bits per heavy atom. The van der Waals surface area contributed by atoms with Crippen LogP contribution in [0.15, 0.2) is 24.3 Å². The molecule has 1 aliphatic rings. The van der Waals surface area contributed by atoms with E-state index in [1.807, 2.05) is 18.7 Å². The highest BCUT2D eigenvalue weighted by molar-refractivity contribution is 5.94. The maximum Gasteiger partial charge on any atom is 0.260 e. The first kappa shape index (κ1) is 25.2. The molecule has 6 nitrogen and oxygen atoms in total. The minimum Gasteiger partial charge on any atom is -0.484 e. The first-order valence-electron chi connectivity index (χ1n) is 10.4. The molecule has 1 fully saturated rings. The van der Waals surface area contributed by atoms with E-state index in [1.165, 1.54) is 0 Å². The van der Waals surface area contributed by atoms with Gasteiger partial charge in [-0.15, -0.1) is 12.4 Å². The third-order valence-electron chi connectivity index (χ3n) is 5.97. The molecule has 1 aromatic carbocycles. The SMILES string of the molecule is CCC(N)(CC)CNC(=O)c1ccc(OCC(=O)N2C(C)CCCC2C)cc1.Cl. The highest BCUT2D eigenvalue weighted by Crippen LogP contribution is 2.23. The van der Waals surface area contributed by atoms with Crippen LogP contribution < -0.4 is 15.8 Å². The lowest BCUT2D eigenvalue weighted by molar-refractivity contribution is -0.139. The van der Waals surface area contributed by atoms with E-state index in [0.717, 1.165) is 32.1 Å². The summed E-state index contributed by atoms with van der Waals surface area (Å²) in [4.78, 5) is 26.8. The number of likely N-dealkylation sites (tertiary alicyclic amines) is 1. The number of piperidine rings is 1. The molecule has 1 aromatic rings. The topological polar surface area (TPSA) is 84.7 Å². The van der Waals surface area contributed by atoms with Gasteiger partial charge in [0.25, 0.3) is 11.8 Å². The van der Waals surface area contributed by atoms with Crippen LogP contribution in [0.1, 0.15) is 70.2 Å². The molecule has 0 saturated carbocycles. The minimum absolute atomic E-state index is 0. The molecule has 2 unspecified atom stereocenters. The van der Waals surface area contributed by atoms with E-state index >= 15 is 0 Å². The number of ether oxygens (including phenoxy) is 1. The van der Waals surface area contributed by atoms with Crippen LogP contribution >= 0.6 is 12.4 Å². The van der Waals surface area contributed by atoms with Gasteiger partial charge in [-0.25, -0.2) is 0 Å². The van der Waals surface area contributed by atoms with E-state index < -0.39 is 0 Å². The van der Waals surface area contributed by atoms with Crippen LogP contribution in [-0.4, -0.2) is 47.5 Å². The first-order valence-corrected chi connectivity index (χ1v) is 10.4. The molecule has 0 radical (unpaired) electrons. The summed E-state index contributed by atoms with van der Waals surface area (Å²) in [6.45, 7) is 8.69. The Kier molecular flexibility index (Phi) is 9.93. The molecule has 1 heterocycles. The van der Waals surface area contributed by atoms with Crippen molar-refractivity contribution >= 4 is 24.2 Å². The van der Waals surface area contributed by atoms with Gasteiger partial charge in [-0.3, -0.25) is 9.59 Å². The number of carbonyl (C=O) groups excluding carboxylic acids is 2. The Labute approximate surface area is 181 Å². The number of rotatable bonds is 8. The molecule has 0 bridgehead atoms. The molecule has 164 valence electrons. The smallest absolute Gasteiger partial charge is 0.260 e. The van der Waals surface area contributed by atoms with Gasteiger partial charge in [0.15, 0.2) is 6.61 Å². The zero-order chi connectivity index (χ0) is 20.7. The summed E-state index contributed by atoms with van der Waals surface area (Å²) >= 11 is 0. The van der Waals surface area contributed by atoms with Crippen LogP contribution in [0.2, 0.25) is 0 Å². The summed E-state index contributed by atoms with van der Waals surface area (Å²) in [7, 11) is 0. The van der Waals surface area contributed by atoms with Crippen molar-refractivity contribution in [3.05, 3.63) is 29.8 Å². The van der Waals surface area contributed by atoms with Gasteiger partial charge in [-0.1, -0.05) is 13.8 Å². The lowest BCUT2D eigenvalue weighted by Gasteiger charge is -2.38. The summed E-state index contributed by atoms with van der Waals surface area (Å²) < 4.78 is 5.66. The molecule has 2 rings (SSSR count). The maximum absolute atomic E-state index is 12.5. The first-order chi connectivity index (χ1) is 13.3. The number of hydrogen-bond acceptors (Lipinski definition) is 4. The van der Waals surface area contributed by atoms with Gasteiger partial charge in [-0.05, 0) is 70.2 Å². The summed E-state index contributed by atoms with van der Waals surface area (Å²) in [5, 5.41) is 2.90. The van der Waals surface area contributed by atoms with E-state index in [2.05, 4.69) is 19.2 Å². The van der Waals surface area contributed by atoms with E-state index in [-0.39, 0.29) is 48.5 Å². The average molecular weight is 426 g/mol. The minimum atomic E-state index is -0.373. The number of amides is 2. The Morgan fingerprint density at radius 2 is 1.69 bits per heavy atom. The number of nitrogens with zero attached hydrogens (tertiary/aromatic N) is 1. The second-order valence-corrected chi connectivity index (χ2v) is 8.00. The molecular weight excluding hydrogens is 390 g/mol. The monoisotopic (exact) mass is 425 g/mol. The zero-order valence-corrected chi connectivity index (χ0v) is 18.9. The predicted octanol–water partition coefficient (Wildman–Crippen LogP) is 3.52. The molecule has 2 amide bonds. The summed E-state index contributed by atoms with van der Waals surface area (Å²) in [5.41, 5.74) is 6.40. The fourth-order valence-corrected chi connectivity index (χ4v) is 3.69. The van der Waals surface area contributed by atoms with Crippen molar-refractivity contribution < 1.29 is 14.3 Å². The van der Waals surface area contributed by atoms with Crippen LogP contribution in [0.3, 0.4) is 0 Å². The number of halogens is 1. The highest BCUT2D eigenvalue weighted by Gasteiger charge is 2.29. The molecular formula is C22H36ClN3O3. The van der Waals surface area contributed by atoms with Gasteiger partial charge < -0.3 is 20.7 Å². The van der Waals surface area contributed by atoms with Gasteiger partial charge in [0.05, 0.1) is 0 Å². The number of carbonyl (C=O) groups is 2.